The number of amides is 2. The number of para-hydroxylation sites is 1. The Balaban J connectivity index is 1.59. The van der Waals surface area contributed by atoms with Gasteiger partial charge in [-0.2, -0.15) is 0 Å². The van der Waals surface area contributed by atoms with Crippen LogP contribution < -0.4 is 10.0 Å². The van der Waals surface area contributed by atoms with Crippen molar-refractivity contribution in [2.75, 3.05) is 37.8 Å². The van der Waals surface area contributed by atoms with E-state index in [1.165, 1.54) is 49.0 Å². The predicted octanol–water partition coefficient (Wildman–Crippen LogP) is 4.48. The number of benzene rings is 1. The van der Waals surface area contributed by atoms with Gasteiger partial charge in [0.25, 0.3) is 0 Å². The Bertz CT molecular complexity index is 652. The minimum absolute atomic E-state index is 0.123. The van der Waals surface area contributed by atoms with Gasteiger partial charge < -0.3 is 5.32 Å². The van der Waals surface area contributed by atoms with Gasteiger partial charge in [0, 0.05) is 36.6 Å². The number of hydrogen-bond acceptors (Lipinski definition) is 4. The summed E-state index contributed by atoms with van der Waals surface area (Å²) < 4.78 is 3.03. The van der Waals surface area contributed by atoms with E-state index in [4.69, 9.17) is 0 Å². The second kappa shape index (κ2) is 9.51. The molecule has 0 aliphatic carbocycles. The van der Waals surface area contributed by atoms with Gasteiger partial charge >= 0.3 is 6.03 Å². The lowest BCUT2D eigenvalue weighted by atomic mass is 9.93. The second-order valence-electron chi connectivity index (χ2n) is 8.78. The molecular weight excluding hydrogens is 368 g/mol. The van der Waals surface area contributed by atoms with Crippen molar-refractivity contribution in [2.24, 2.45) is 0 Å². The summed E-state index contributed by atoms with van der Waals surface area (Å²) in [4.78, 5) is 17.7. The Morgan fingerprint density at radius 3 is 2.46 bits per heavy atom. The summed E-state index contributed by atoms with van der Waals surface area (Å²) in [6.45, 7) is 12.2. The van der Waals surface area contributed by atoms with E-state index in [9.17, 15) is 4.79 Å². The highest BCUT2D eigenvalue weighted by molar-refractivity contribution is 7.98. The molecule has 2 heterocycles. The molecule has 28 heavy (non-hydrogen) atoms. The van der Waals surface area contributed by atoms with Gasteiger partial charge in [-0.1, -0.05) is 45.9 Å². The summed E-state index contributed by atoms with van der Waals surface area (Å²) in [7, 11) is 2.22. The number of anilines is 1. The van der Waals surface area contributed by atoms with Crippen molar-refractivity contribution in [1.29, 1.82) is 0 Å². The molecule has 2 aliphatic heterocycles. The van der Waals surface area contributed by atoms with Gasteiger partial charge in [0.1, 0.15) is 0 Å². The van der Waals surface area contributed by atoms with Crippen LogP contribution in [0, 0.1) is 0 Å². The summed E-state index contributed by atoms with van der Waals surface area (Å²) in [5, 5.41) is 3.14. The summed E-state index contributed by atoms with van der Waals surface area (Å²) >= 11 is 1.54. The number of urea groups is 1. The third-order valence-electron chi connectivity index (χ3n) is 6.19. The molecule has 2 atom stereocenters. The fraction of sp³-hybridized carbons (Fsp3) is 0.682. The number of carbonyl (C=O) groups excluding carboxylic acids is 1. The van der Waals surface area contributed by atoms with Gasteiger partial charge in [-0.25, -0.2) is 4.79 Å². The number of likely N-dealkylation sites (N-methyl/N-ethyl adjacent to an activating group) is 1. The largest absolute Gasteiger partial charge is 0.329 e. The van der Waals surface area contributed by atoms with Crippen LogP contribution in [0.15, 0.2) is 18.2 Å². The normalized spacial score (nSPS) is 23.2. The molecule has 2 fully saturated rings. The molecule has 2 N–H and O–H groups in total. The van der Waals surface area contributed by atoms with Crippen LogP contribution in [-0.4, -0.2) is 60.3 Å². The van der Waals surface area contributed by atoms with E-state index in [0.717, 1.165) is 18.0 Å². The molecule has 3 rings (SSSR count). The van der Waals surface area contributed by atoms with Gasteiger partial charge in [0.2, 0.25) is 0 Å². The van der Waals surface area contributed by atoms with Crippen LogP contribution in [0.5, 0.6) is 0 Å². The Morgan fingerprint density at radius 2 is 1.82 bits per heavy atom. The molecule has 5 nitrogen and oxygen atoms in total. The van der Waals surface area contributed by atoms with Crippen molar-refractivity contribution in [3.8, 4) is 0 Å². The monoisotopic (exact) mass is 404 g/mol. The zero-order chi connectivity index (χ0) is 20.3. The van der Waals surface area contributed by atoms with E-state index in [1.807, 2.05) is 0 Å². The third kappa shape index (κ3) is 4.84. The zero-order valence-electron chi connectivity index (χ0n) is 18.0. The van der Waals surface area contributed by atoms with E-state index in [1.54, 1.807) is 0 Å². The molecule has 2 amide bonds. The van der Waals surface area contributed by atoms with Crippen molar-refractivity contribution in [2.45, 2.75) is 64.5 Å². The van der Waals surface area contributed by atoms with Crippen molar-refractivity contribution < 1.29 is 4.79 Å². The number of fused-ring (bicyclic) bond motifs is 1. The van der Waals surface area contributed by atoms with E-state index in [-0.39, 0.29) is 6.03 Å². The highest BCUT2D eigenvalue weighted by Crippen LogP contribution is 2.32. The summed E-state index contributed by atoms with van der Waals surface area (Å²) in [5.41, 5.74) is 3.36. The van der Waals surface area contributed by atoms with Crippen LogP contribution >= 0.6 is 11.9 Å². The molecule has 0 radical (unpaired) electrons. The highest BCUT2D eigenvalue weighted by Gasteiger charge is 2.37. The van der Waals surface area contributed by atoms with Gasteiger partial charge in [0.15, 0.2) is 0 Å². The molecule has 0 bridgehead atoms. The average molecular weight is 405 g/mol. The topological polar surface area (TPSA) is 47.6 Å². The van der Waals surface area contributed by atoms with Crippen LogP contribution in [-0.2, 0) is 0 Å². The third-order valence-corrected chi connectivity index (χ3v) is 7.03. The average Bonchev–Trinajstić information content (AvgIpc) is 3.12. The maximum absolute atomic E-state index is 12.6. The Kier molecular flexibility index (Phi) is 7.29. The molecule has 156 valence electrons. The molecule has 0 saturated carbocycles. The number of carbonyl (C=O) groups is 1. The van der Waals surface area contributed by atoms with E-state index in [2.05, 4.69) is 72.8 Å². The first-order valence-corrected chi connectivity index (χ1v) is 11.6. The standard InChI is InChI=1S/C22H36N4OS/c1-15(2)17-8-6-9-18(16(3)4)21(17)23-22(27)24-28-14-20-19-10-7-11-26(19)13-12-25(20)5/h6,8-9,15-16,19-20H,7,10-14H2,1-5H3,(H2,23,24,27). The second-order valence-corrected chi connectivity index (χ2v) is 9.61. The first-order chi connectivity index (χ1) is 13.4. The molecule has 1 aromatic carbocycles. The highest BCUT2D eigenvalue weighted by atomic mass is 32.2. The van der Waals surface area contributed by atoms with Crippen LogP contribution in [0.1, 0.15) is 63.5 Å². The lowest BCUT2D eigenvalue weighted by molar-refractivity contribution is 0.0743. The Morgan fingerprint density at radius 1 is 1.14 bits per heavy atom. The molecule has 6 heteroatoms. The molecule has 2 aliphatic rings. The van der Waals surface area contributed by atoms with Crippen molar-refractivity contribution in [1.82, 2.24) is 14.5 Å². The predicted molar refractivity (Wildman–Crippen MR) is 120 cm³/mol. The van der Waals surface area contributed by atoms with Crippen LogP contribution in [0.3, 0.4) is 0 Å². The summed E-state index contributed by atoms with van der Waals surface area (Å²) in [6.07, 6.45) is 2.58. The summed E-state index contributed by atoms with van der Waals surface area (Å²) in [5.74, 6) is 1.66. The van der Waals surface area contributed by atoms with Crippen molar-refractivity contribution in [3.05, 3.63) is 29.3 Å². The maximum atomic E-state index is 12.6. The van der Waals surface area contributed by atoms with Gasteiger partial charge in [-0.05, 0) is 61.3 Å². The fourth-order valence-corrected chi connectivity index (χ4v) is 5.49. The summed E-state index contributed by atoms with van der Waals surface area (Å²) in [6, 6.07) is 7.35. The molecule has 1 aromatic rings. The Hall–Kier alpha value is -1.24. The van der Waals surface area contributed by atoms with Crippen molar-refractivity contribution in [3.63, 3.8) is 0 Å². The first kappa shape index (κ1) is 21.5. The minimum Gasteiger partial charge on any atom is -0.307 e. The molecule has 2 saturated heterocycles. The van der Waals surface area contributed by atoms with Crippen molar-refractivity contribution >= 4 is 23.7 Å². The van der Waals surface area contributed by atoms with Crippen LogP contribution in [0.2, 0.25) is 0 Å². The molecule has 0 spiro atoms. The maximum Gasteiger partial charge on any atom is 0.329 e. The van der Waals surface area contributed by atoms with E-state index in [0.29, 0.717) is 23.9 Å². The van der Waals surface area contributed by atoms with Gasteiger partial charge in [-0.15, -0.1) is 0 Å². The lowest BCUT2D eigenvalue weighted by Gasteiger charge is -2.42. The van der Waals surface area contributed by atoms with Gasteiger partial charge in [0.05, 0.1) is 0 Å². The van der Waals surface area contributed by atoms with E-state index < -0.39 is 0 Å². The fourth-order valence-electron chi connectivity index (χ4n) is 4.58. The number of piperazine rings is 1. The SMILES string of the molecule is CC(C)c1cccc(C(C)C)c1NC(=O)NSCC1C2CCCN2CCN1C. The smallest absolute Gasteiger partial charge is 0.307 e. The number of rotatable bonds is 6. The molecular formula is C22H36N4OS. The minimum atomic E-state index is -0.123. The van der Waals surface area contributed by atoms with Gasteiger partial charge in [-0.3, -0.25) is 14.5 Å². The lowest BCUT2D eigenvalue weighted by Crippen LogP contribution is -2.57. The van der Waals surface area contributed by atoms with Crippen LogP contribution in [0.25, 0.3) is 0 Å². The quantitative estimate of drug-likeness (QED) is 0.686. The Labute approximate surface area is 174 Å². The van der Waals surface area contributed by atoms with E-state index >= 15 is 0 Å². The zero-order valence-corrected chi connectivity index (χ0v) is 18.8. The molecule has 2 unspecified atom stereocenters. The number of nitrogens with one attached hydrogen (secondary N) is 2. The number of hydrogen-bond donors (Lipinski definition) is 2. The first-order valence-electron chi connectivity index (χ1n) is 10.6. The number of nitrogens with zero attached hydrogens (tertiary/aromatic N) is 2. The molecule has 0 aromatic heterocycles. The van der Waals surface area contributed by atoms with Crippen LogP contribution in [0.4, 0.5) is 10.5 Å².